The molecule has 1 aliphatic heterocycles. The summed E-state index contributed by atoms with van der Waals surface area (Å²) in [6.45, 7) is 0. The van der Waals surface area contributed by atoms with Gasteiger partial charge < -0.3 is 14.8 Å². The van der Waals surface area contributed by atoms with Crippen molar-refractivity contribution in [1.82, 2.24) is 0 Å². The third kappa shape index (κ3) is 3.42. The minimum Gasteiger partial charge on any atom is -0.495 e. The molecule has 0 atom stereocenters. The van der Waals surface area contributed by atoms with Crippen LogP contribution in [0.15, 0.2) is 53.2 Å². The molecule has 1 heterocycles. The summed E-state index contributed by atoms with van der Waals surface area (Å²) in [4.78, 5) is 38.3. The normalized spacial score (nSPS) is 13.8. The van der Waals surface area contributed by atoms with Gasteiger partial charge in [0, 0.05) is 5.69 Å². The Morgan fingerprint density at radius 2 is 1.75 bits per heavy atom. The minimum absolute atomic E-state index is 0.0601. The highest BCUT2D eigenvalue weighted by molar-refractivity contribution is 6.53. The summed E-state index contributed by atoms with van der Waals surface area (Å²) in [5.41, 5.74) is 0.438. The first-order valence-electron chi connectivity index (χ1n) is 7.95. The average Bonchev–Trinajstić information content (AvgIpc) is 2.91. The van der Waals surface area contributed by atoms with E-state index in [2.05, 4.69) is 5.32 Å². The van der Waals surface area contributed by atoms with Crippen molar-refractivity contribution in [2.75, 3.05) is 24.4 Å². The number of para-hydroxylation sites is 1. The Balaban J connectivity index is 1.95. The number of hydrogen-bond acceptors (Lipinski definition) is 6. The molecule has 2 amide bonds. The van der Waals surface area contributed by atoms with E-state index in [0.717, 1.165) is 4.90 Å². The summed E-state index contributed by atoms with van der Waals surface area (Å²) in [6, 6.07) is 10.8. The monoisotopic (exact) mass is 420 g/mol. The van der Waals surface area contributed by atoms with Crippen molar-refractivity contribution >= 4 is 52.4 Å². The van der Waals surface area contributed by atoms with Crippen LogP contribution in [-0.2, 0) is 14.3 Å². The van der Waals surface area contributed by atoms with E-state index in [9.17, 15) is 14.4 Å². The zero-order chi connectivity index (χ0) is 20.4. The second-order valence-electron chi connectivity index (χ2n) is 5.62. The SMILES string of the molecule is COC(=O)c1ccccc1N1C(=O)C(Cl)=C(Nc2ccc(OC)c(Cl)c2)C1=O. The van der Waals surface area contributed by atoms with E-state index in [-0.39, 0.29) is 22.0 Å². The molecule has 28 heavy (non-hydrogen) atoms. The van der Waals surface area contributed by atoms with Gasteiger partial charge in [0.05, 0.1) is 30.5 Å². The average molecular weight is 421 g/mol. The molecule has 0 aromatic heterocycles. The van der Waals surface area contributed by atoms with Crippen LogP contribution >= 0.6 is 23.2 Å². The second kappa shape index (κ2) is 7.92. The predicted octanol–water partition coefficient (Wildman–Crippen LogP) is 3.57. The molecule has 0 bridgehead atoms. The molecule has 1 aliphatic rings. The highest BCUT2D eigenvalue weighted by Gasteiger charge is 2.40. The first kappa shape index (κ1) is 19.7. The number of nitrogens with zero attached hydrogens (tertiary/aromatic N) is 1. The van der Waals surface area contributed by atoms with Crippen molar-refractivity contribution in [1.29, 1.82) is 0 Å². The molecule has 0 fully saturated rings. The van der Waals surface area contributed by atoms with Crippen LogP contribution < -0.4 is 15.0 Å². The highest BCUT2D eigenvalue weighted by Crippen LogP contribution is 2.34. The largest absolute Gasteiger partial charge is 0.495 e. The number of carbonyl (C=O) groups is 3. The first-order chi connectivity index (χ1) is 13.4. The van der Waals surface area contributed by atoms with Crippen LogP contribution in [0.25, 0.3) is 0 Å². The van der Waals surface area contributed by atoms with Gasteiger partial charge in [-0.15, -0.1) is 0 Å². The van der Waals surface area contributed by atoms with Crippen LogP contribution in [0, 0.1) is 0 Å². The maximum absolute atomic E-state index is 12.9. The lowest BCUT2D eigenvalue weighted by atomic mass is 10.1. The smallest absolute Gasteiger partial charge is 0.339 e. The standard InChI is InChI=1S/C19H14Cl2N2O5/c1-27-14-8-7-10(9-12(14)20)22-16-15(21)17(24)23(18(16)25)13-6-4-3-5-11(13)19(26)28-2/h3-9,22H,1-2H3. The third-order valence-corrected chi connectivity index (χ3v) is 4.64. The van der Waals surface area contributed by atoms with Crippen LogP contribution in [0.4, 0.5) is 11.4 Å². The van der Waals surface area contributed by atoms with Crippen molar-refractivity contribution < 1.29 is 23.9 Å². The summed E-state index contributed by atoms with van der Waals surface area (Å²) in [6.07, 6.45) is 0. The van der Waals surface area contributed by atoms with E-state index >= 15 is 0 Å². The number of ether oxygens (including phenoxy) is 2. The number of imide groups is 1. The van der Waals surface area contributed by atoms with Crippen LogP contribution in [0.5, 0.6) is 5.75 Å². The summed E-state index contributed by atoms with van der Waals surface area (Å²) in [7, 11) is 2.68. The molecule has 9 heteroatoms. The van der Waals surface area contributed by atoms with Gasteiger partial charge in [-0.3, -0.25) is 9.59 Å². The molecule has 1 N–H and O–H groups in total. The lowest BCUT2D eigenvalue weighted by Crippen LogP contribution is -2.33. The Labute approximate surface area is 170 Å². The Morgan fingerprint density at radius 1 is 1.04 bits per heavy atom. The van der Waals surface area contributed by atoms with E-state index in [0.29, 0.717) is 16.5 Å². The van der Waals surface area contributed by atoms with Gasteiger partial charge >= 0.3 is 5.97 Å². The van der Waals surface area contributed by atoms with Crippen molar-refractivity contribution in [3.63, 3.8) is 0 Å². The van der Waals surface area contributed by atoms with Crippen LogP contribution in [0.1, 0.15) is 10.4 Å². The molecule has 144 valence electrons. The molecule has 2 aromatic rings. The Hall–Kier alpha value is -3.03. The van der Waals surface area contributed by atoms with Gasteiger partial charge in [-0.2, -0.15) is 0 Å². The van der Waals surface area contributed by atoms with Crippen LogP contribution in [0.3, 0.4) is 0 Å². The maximum atomic E-state index is 12.9. The highest BCUT2D eigenvalue weighted by atomic mass is 35.5. The summed E-state index contributed by atoms with van der Waals surface area (Å²) >= 11 is 12.2. The number of amides is 2. The van der Waals surface area contributed by atoms with Gasteiger partial charge in [-0.05, 0) is 30.3 Å². The topological polar surface area (TPSA) is 84.9 Å². The second-order valence-corrected chi connectivity index (χ2v) is 6.40. The number of anilines is 2. The van der Waals surface area contributed by atoms with Gasteiger partial charge in [-0.25, -0.2) is 9.69 Å². The Morgan fingerprint density at radius 3 is 2.39 bits per heavy atom. The van der Waals surface area contributed by atoms with Crippen molar-refractivity contribution in [3.8, 4) is 5.75 Å². The molecular formula is C19H14Cl2N2O5. The van der Waals surface area contributed by atoms with Crippen molar-refractivity contribution in [3.05, 3.63) is 63.8 Å². The fraction of sp³-hybridized carbons (Fsp3) is 0.105. The molecule has 2 aromatic carbocycles. The third-order valence-electron chi connectivity index (χ3n) is 4.00. The molecule has 0 saturated carbocycles. The number of rotatable bonds is 5. The lowest BCUT2D eigenvalue weighted by Gasteiger charge is -2.18. The summed E-state index contributed by atoms with van der Waals surface area (Å²) < 4.78 is 9.79. The zero-order valence-electron chi connectivity index (χ0n) is 14.8. The van der Waals surface area contributed by atoms with Gasteiger partial charge in [0.15, 0.2) is 0 Å². The predicted molar refractivity (Wildman–Crippen MR) is 105 cm³/mol. The van der Waals surface area contributed by atoms with Crippen LogP contribution in [0.2, 0.25) is 5.02 Å². The van der Waals surface area contributed by atoms with Gasteiger partial charge in [0.2, 0.25) is 0 Å². The van der Waals surface area contributed by atoms with Gasteiger partial charge in [0.25, 0.3) is 11.8 Å². The summed E-state index contributed by atoms with van der Waals surface area (Å²) in [5, 5.41) is 2.81. The van der Waals surface area contributed by atoms with Gasteiger partial charge in [-0.1, -0.05) is 35.3 Å². The molecule has 0 radical (unpaired) electrons. The fourth-order valence-electron chi connectivity index (χ4n) is 2.67. The van der Waals surface area contributed by atoms with E-state index in [1.807, 2.05) is 0 Å². The molecule has 0 spiro atoms. The Kier molecular flexibility index (Phi) is 5.58. The fourth-order valence-corrected chi connectivity index (χ4v) is 3.14. The number of methoxy groups -OCH3 is 2. The molecule has 7 nitrogen and oxygen atoms in total. The molecule has 0 aliphatic carbocycles. The number of benzene rings is 2. The first-order valence-corrected chi connectivity index (χ1v) is 8.71. The van der Waals surface area contributed by atoms with Crippen molar-refractivity contribution in [2.45, 2.75) is 0 Å². The van der Waals surface area contributed by atoms with Crippen LogP contribution in [-0.4, -0.2) is 32.0 Å². The van der Waals surface area contributed by atoms with E-state index in [4.69, 9.17) is 32.7 Å². The molecular weight excluding hydrogens is 407 g/mol. The number of halogens is 2. The quantitative estimate of drug-likeness (QED) is 0.587. The maximum Gasteiger partial charge on any atom is 0.339 e. The van der Waals surface area contributed by atoms with Gasteiger partial charge in [0.1, 0.15) is 16.5 Å². The van der Waals surface area contributed by atoms with E-state index < -0.39 is 17.8 Å². The Bertz CT molecular complexity index is 1020. The number of nitrogens with one attached hydrogen (secondary N) is 1. The number of hydrogen-bond donors (Lipinski definition) is 1. The summed E-state index contributed by atoms with van der Waals surface area (Å²) in [5.74, 6) is -1.70. The molecule has 3 rings (SSSR count). The van der Waals surface area contributed by atoms with E-state index in [1.54, 1.807) is 24.3 Å². The molecule has 0 unspecified atom stereocenters. The number of esters is 1. The van der Waals surface area contributed by atoms with Crippen molar-refractivity contribution in [2.24, 2.45) is 0 Å². The minimum atomic E-state index is -0.759. The lowest BCUT2D eigenvalue weighted by molar-refractivity contribution is -0.120. The molecule has 0 saturated heterocycles. The number of carbonyl (C=O) groups excluding carboxylic acids is 3. The zero-order valence-corrected chi connectivity index (χ0v) is 16.3. The van der Waals surface area contributed by atoms with E-state index in [1.165, 1.54) is 32.4 Å².